The summed E-state index contributed by atoms with van der Waals surface area (Å²) in [7, 11) is 0. The predicted octanol–water partition coefficient (Wildman–Crippen LogP) is 3.50. The standard InChI is InChI=1S/C16H17ClN2O2/c1-11-7-8-13(17)9-14(11)18-16(21)19-15(10-20)12-5-3-2-4-6-12/h2-9,15,20H,10H2,1H3,(H2,18,19,21). The third-order valence-electron chi connectivity index (χ3n) is 3.14. The van der Waals surface area contributed by atoms with E-state index in [0.29, 0.717) is 10.7 Å². The van der Waals surface area contributed by atoms with Crippen molar-refractivity contribution in [3.05, 3.63) is 64.7 Å². The van der Waals surface area contributed by atoms with Gasteiger partial charge in [0.25, 0.3) is 0 Å². The van der Waals surface area contributed by atoms with E-state index in [4.69, 9.17) is 11.6 Å². The van der Waals surface area contributed by atoms with E-state index in [1.54, 1.807) is 12.1 Å². The molecule has 21 heavy (non-hydrogen) atoms. The molecule has 110 valence electrons. The monoisotopic (exact) mass is 304 g/mol. The molecule has 2 amide bonds. The van der Waals surface area contributed by atoms with Crippen LogP contribution in [0.25, 0.3) is 0 Å². The van der Waals surface area contributed by atoms with Crippen LogP contribution in [0.15, 0.2) is 48.5 Å². The number of hydrogen-bond donors (Lipinski definition) is 3. The summed E-state index contributed by atoms with van der Waals surface area (Å²) in [4.78, 5) is 12.0. The van der Waals surface area contributed by atoms with Gasteiger partial charge in [-0.15, -0.1) is 0 Å². The SMILES string of the molecule is Cc1ccc(Cl)cc1NC(=O)NC(CO)c1ccccc1. The summed E-state index contributed by atoms with van der Waals surface area (Å²) in [6.07, 6.45) is 0. The molecule has 0 aliphatic rings. The van der Waals surface area contributed by atoms with Gasteiger partial charge in [-0.2, -0.15) is 0 Å². The van der Waals surface area contributed by atoms with Gasteiger partial charge in [0.05, 0.1) is 12.6 Å². The molecule has 0 bridgehead atoms. The van der Waals surface area contributed by atoms with Gasteiger partial charge in [-0.05, 0) is 30.2 Å². The first-order valence-corrected chi connectivity index (χ1v) is 6.97. The Morgan fingerprint density at radius 2 is 1.95 bits per heavy atom. The molecule has 0 radical (unpaired) electrons. The first-order valence-electron chi connectivity index (χ1n) is 6.59. The summed E-state index contributed by atoms with van der Waals surface area (Å²) in [5.41, 5.74) is 2.40. The lowest BCUT2D eigenvalue weighted by molar-refractivity contribution is 0.225. The summed E-state index contributed by atoms with van der Waals surface area (Å²) in [5.74, 6) is 0. The van der Waals surface area contributed by atoms with Crippen LogP contribution in [-0.2, 0) is 0 Å². The molecule has 1 unspecified atom stereocenters. The van der Waals surface area contributed by atoms with E-state index in [-0.39, 0.29) is 12.6 Å². The number of aliphatic hydroxyl groups is 1. The van der Waals surface area contributed by atoms with Crippen molar-refractivity contribution < 1.29 is 9.90 Å². The fraction of sp³-hybridized carbons (Fsp3) is 0.188. The van der Waals surface area contributed by atoms with Crippen molar-refractivity contribution in [2.45, 2.75) is 13.0 Å². The van der Waals surface area contributed by atoms with Gasteiger partial charge in [0, 0.05) is 10.7 Å². The smallest absolute Gasteiger partial charge is 0.319 e. The number of anilines is 1. The van der Waals surface area contributed by atoms with Crippen molar-refractivity contribution in [1.82, 2.24) is 5.32 Å². The van der Waals surface area contributed by atoms with E-state index >= 15 is 0 Å². The number of nitrogens with one attached hydrogen (secondary N) is 2. The van der Waals surface area contributed by atoms with E-state index < -0.39 is 6.04 Å². The average Bonchev–Trinajstić information content (AvgIpc) is 2.49. The second-order valence-electron chi connectivity index (χ2n) is 4.70. The van der Waals surface area contributed by atoms with Gasteiger partial charge in [-0.3, -0.25) is 0 Å². The lowest BCUT2D eigenvalue weighted by Gasteiger charge is -2.18. The summed E-state index contributed by atoms with van der Waals surface area (Å²) < 4.78 is 0. The predicted molar refractivity (Wildman–Crippen MR) is 84.6 cm³/mol. The fourth-order valence-corrected chi connectivity index (χ4v) is 2.14. The second kappa shape index (κ2) is 7.11. The van der Waals surface area contributed by atoms with Crippen molar-refractivity contribution in [1.29, 1.82) is 0 Å². The number of aryl methyl sites for hydroxylation is 1. The number of aliphatic hydroxyl groups excluding tert-OH is 1. The lowest BCUT2D eigenvalue weighted by Crippen LogP contribution is -2.34. The Bertz CT molecular complexity index is 617. The molecular formula is C16H17ClN2O2. The molecule has 0 aliphatic heterocycles. The van der Waals surface area contributed by atoms with Gasteiger partial charge >= 0.3 is 6.03 Å². The highest BCUT2D eigenvalue weighted by Gasteiger charge is 2.13. The van der Waals surface area contributed by atoms with Gasteiger partial charge in [0.15, 0.2) is 0 Å². The summed E-state index contributed by atoms with van der Waals surface area (Å²) >= 11 is 5.92. The van der Waals surface area contributed by atoms with Gasteiger partial charge < -0.3 is 15.7 Å². The zero-order valence-corrected chi connectivity index (χ0v) is 12.4. The molecule has 3 N–H and O–H groups in total. The van der Waals surface area contributed by atoms with Gasteiger partial charge in [0.2, 0.25) is 0 Å². The maximum Gasteiger partial charge on any atom is 0.319 e. The molecule has 1 atom stereocenters. The van der Waals surface area contributed by atoms with Crippen LogP contribution in [0, 0.1) is 6.92 Å². The lowest BCUT2D eigenvalue weighted by atomic mass is 10.1. The van der Waals surface area contributed by atoms with Crippen LogP contribution in [0.4, 0.5) is 10.5 Å². The molecule has 2 aromatic carbocycles. The van der Waals surface area contributed by atoms with E-state index in [2.05, 4.69) is 10.6 Å². The molecular weight excluding hydrogens is 288 g/mol. The van der Waals surface area contributed by atoms with Crippen LogP contribution in [-0.4, -0.2) is 17.7 Å². The van der Waals surface area contributed by atoms with Gasteiger partial charge in [-0.25, -0.2) is 4.79 Å². The van der Waals surface area contributed by atoms with Crippen LogP contribution in [0.5, 0.6) is 0 Å². The van der Waals surface area contributed by atoms with E-state index in [9.17, 15) is 9.90 Å². The maximum atomic E-state index is 12.0. The quantitative estimate of drug-likeness (QED) is 0.809. The van der Waals surface area contributed by atoms with Crippen LogP contribution >= 0.6 is 11.6 Å². The third-order valence-corrected chi connectivity index (χ3v) is 3.37. The maximum absolute atomic E-state index is 12.0. The minimum Gasteiger partial charge on any atom is -0.394 e. The largest absolute Gasteiger partial charge is 0.394 e. The topological polar surface area (TPSA) is 61.4 Å². The van der Waals surface area contributed by atoms with Gasteiger partial charge in [0.1, 0.15) is 0 Å². The molecule has 2 rings (SSSR count). The number of urea groups is 1. The normalized spacial score (nSPS) is 11.8. The van der Waals surface area contributed by atoms with Crippen molar-refractivity contribution in [3.8, 4) is 0 Å². The Hall–Kier alpha value is -2.04. The third kappa shape index (κ3) is 4.21. The summed E-state index contributed by atoms with van der Waals surface area (Å²) in [6, 6.07) is 13.8. The molecule has 0 saturated carbocycles. The summed E-state index contributed by atoms with van der Waals surface area (Å²) in [5, 5.41) is 15.5. The number of carbonyl (C=O) groups is 1. The van der Waals surface area contributed by atoms with Gasteiger partial charge in [-0.1, -0.05) is 48.0 Å². The molecule has 0 heterocycles. The highest BCUT2D eigenvalue weighted by atomic mass is 35.5. The molecule has 0 spiro atoms. The van der Waals surface area contributed by atoms with Crippen molar-refractivity contribution in [2.75, 3.05) is 11.9 Å². The zero-order chi connectivity index (χ0) is 15.2. The number of halogens is 1. The summed E-state index contributed by atoms with van der Waals surface area (Å²) in [6.45, 7) is 1.71. The Labute approximate surface area is 128 Å². The van der Waals surface area contributed by atoms with Crippen LogP contribution in [0.1, 0.15) is 17.2 Å². The molecule has 4 nitrogen and oxygen atoms in total. The van der Waals surface area contributed by atoms with Crippen LogP contribution < -0.4 is 10.6 Å². The van der Waals surface area contributed by atoms with Crippen LogP contribution in [0.2, 0.25) is 5.02 Å². The number of hydrogen-bond acceptors (Lipinski definition) is 2. The highest BCUT2D eigenvalue weighted by Crippen LogP contribution is 2.20. The minimum atomic E-state index is -0.453. The Balaban J connectivity index is 2.05. The minimum absolute atomic E-state index is 0.175. The number of benzene rings is 2. The molecule has 2 aromatic rings. The Kier molecular flexibility index (Phi) is 5.20. The molecule has 0 aliphatic carbocycles. The highest BCUT2D eigenvalue weighted by molar-refractivity contribution is 6.31. The number of carbonyl (C=O) groups excluding carboxylic acids is 1. The first-order chi connectivity index (χ1) is 10.1. The van der Waals surface area contributed by atoms with Crippen molar-refractivity contribution in [2.24, 2.45) is 0 Å². The van der Waals surface area contributed by atoms with Crippen molar-refractivity contribution in [3.63, 3.8) is 0 Å². The van der Waals surface area contributed by atoms with E-state index in [0.717, 1.165) is 11.1 Å². The molecule has 0 saturated heterocycles. The fourth-order valence-electron chi connectivity index (χ4n) is 1.97. The number of amides is 2. The van der Waals surface area contributed by atoms with E-state index in [1.807, 2.05) is 43.3 Å². The molecule has 5 heteroatoms. The first kappa shape index (κ1) is 15.4. The van der Waals surface area contributed by atoms with E-state index in [1.165, 1.54) is 0 Å². The average molecular weight is 305 g/mol. The Morgan fingerprint density at radius 1 is 1.24 bits per heavy atom. The molecule has 0 aromatic heterocycles. The Morgan fingerprint density at radius 3 is 2.62 bits per heavy atom. The van der Waals surface area contributed by atoms with Crippen LogP contribution in [0.3, 0.4) is 0 Å². The zero-order valence-electron chi connectivity index (χ0n) is 11.6. The molecule has 0 fully saturated rings. The van der Waals surface area contributed by atoms with Crippen molar-refractivity contribution >= 4 is 23.3 Å². The number of rotatable bonds is 4. The second-order valence-corrected chi connectivity index (χ2v) is 5.14.